The Balaban J connectivity index is 2.32. The fraction of sp³-hybridized carbons (Fsp3) is 0.818. The summed E-state index contributed by atoms with van der Waals surface area (Å²) in [6.07, 6.45) is 7.12. The monoisotopic (exact) mass is 396 g/mol. The van der Waals surface area contributed by atoms with Crippen molar-refractivity contribution in [3.63, 3.8) is 0 Å². The van der Waals surface area contributed by atoms with Crippen LogP contribution in [-0.2, 0) is 14.3 Å². The molecule has 1 atom stereocenters. The van der Waals surface area contributed by atoms with Crippen LogP contribution < -0.4 is 5.32 Å². The first kappa shape index (κ1) is 24.7. The Hall–Kier alpha value is -1.30. The molecule has 0 aliphatic carbocycles. The summed E-state index contributed by atoms with van der Waals surface area (Å²) >= 11 is 0. The molecule has 0 saturated carbocycles. The van der Waals surface area contributed by atoms with Crippen molar-refractivity contribution < 1.29 is 19.1 Å². The molecule has 1 aliphatic rings. The molecule has 0 aromatic heterocycles. The molecule has 0 aromatic carbocycles. The fourth-order valence-electron chi connectivity index (χ4n) is 3.40. The summed E-state index contributed by atoms with van der Waals surface area (Å²) in [7, 11) is 0. The standard InChI is InChI=1S/C22H40N2O4/c1-18(2)10-6-5-7-11-20(12-13-21(25)27-19(3)4)28-22(26)23-14-17-24-15-8-9-16-24/h18-20H,3-17H2,1-2H3,(H,23,26). The lowest BCUT2D eigenvalue weighted by Crippen LogP contribution is -2.35. The Bertz CT molecular complexity index is 434. The van der Waals surface area contributed by atoms with Crippen molar-refractivity contribution in [2.45, 2.75) is 83.8 Å². The number of likely N-dealkylation sites (tertiary alicyclic amines) is 1. The second-order valence-electron chi connectivity index (χ2n) is 8.19. The van der Waals surface area contributed by atoms with E-state index in [0.717, 1.165) is 38.9 Å². The van der Waals surface area contributed by atoms with Crippen molar-refractivity contribution in [3.05, 3.63) is 13.8 Å². The van der Waals surface area contributed by atoms with Gasteiger partial charge < -0.3 is 19.7 Å². The maximum Gasteiger partial charge on any atom is 0.407 e. The summed E-state index contributed by atoms with van der Waals surface area (Å²) in [5, 5.41) is 2.84. The third kappa shape index (κ3) is 13.0. The number of alkyl carbamates (subject to hydrolysis) is 1. The SMILES string of the molecule is [CH2]C([CH2])OC(=O)CCC(CCCCCC(C)C)OC(=O)NCCN1CCCC1. The van der Waals surface area contributed by atoms with Gasteiger partial charge in [0.2, 0.25) is 0 Å². The third-order valence-electron chi connectivity index (χ3n) is 4.95. The predicted molar refractivity (Wildman–Crippen MR) is 112 cm³/mol. The van der Waals surface area contributed by atoms with Crippen molar-refractivity contribution in [3.8, 4) is 0 Å². The Labute approximate surface area is 171 Å². The molecular weight excluding hydrogens is 356 g/mol. The molecule has 162 valence electrons. The molecule has 6 heteroatoms. The van der Waals surface area contributed by atoms with Crippen molar-refractivity contribution >= 4 is 12.1 Å². The number of amides is 1. The second kappa shape index (κ2) is 14.7. The summed E-state index contributed by atoms with van der Waals surface area (Å²) in [6, 6.07) is 0. The first-order valence-electron chi connectivity index (χ1n) is 10.9. The van der Waals surface area contributed by atoms with Gasteiger partial charge in [0.25, 0.3) is 0 Å². The van der Waals surface area contributed by atoms with Crippen molar-refractivity contribution in [1.29, 1.82) is 0 Å². The van der Waals surface area contributed by atoms with Crippen LogP contribution in [0.3, 0.4) is 0 Å². The van der Waals surface area contributed by atoms with E-state index >= 15 is 0 Å². The minimum absolute atomic E-state index is 0.208. The zero-order valence-corrected chi connectivity index (χ0v) is 17.9. The number of hydrogen-bond acceptors (Lipinski definition) is 5. The van der Waals surface area contributed by atoms with E-state index in [1.54, 1.807) is 0 Å². The second-order valence-corrected chi connectivity index (χ2v) is 8.19. The minimum Gasteiger partial charge on any atom is -0.462 e. The van der Waals surface area contributed by atoms with Crippen LogP contribution in [0.4, 0.5) is 4.79 Å². The van der Waals surface area contributed by atoms with Crippen LogP contribution in [0.2, 0.25) is 0 Å². The minimum atomic E-state index is -0.614. The molecule has 1 rings (SSSR count). The number of hydrogen-bond donors (Lipinski definition) is 1. The number of ether oxygens (including phenoxy) is 2. The van der Waals surface area contributed by atoms with Crippen LogP contribution in [0.25, 0.3) is 0 Å². The molecule has 1 heterocycles. The van der Waals surface area contributed by atoms with Crippen molar-refractivity contribution in [2.24, 2.45) is 5.92 Å². The van der Waals surface area contributed by atoms with Crippen LogP contribution in [0.1, 0.15) is 71.6 Å². The molecule has 6 nitrogen and oxygen atoms in total. The lowest BCUT2D eigenvalue weighted by atomic mass is 10.0. The highest BCUT2D eigenvalue weighted by Crippen LogP contribution is 2.16. The number of carbonyl (C=O) groups excluding carboxylic acids is 2. The quantitative estimate of drug-likeness (QED) is 0.353. The number of carbonyl (C=O) groups is 2. The molecule has 1 fully saturated rings. The van der Waals surface area contributed by atoms with Gasteiger partial charge in [0.15, 0.2) is 0 Å². The van der Waals surface area contributed by atoms with Gasteiger partial charge in [-0.15, -0.1) is 0 Å². The summed E-state index contributed by atoms with van der Waals surface area (Å²) in [5.41, 5.74) is 0. The third-order valence-corrected chi connectivity index (χ3v) is 4.95. The normalized spacial score (nSPS) is 15.8. The summed E-state index contributed by atoms with van der Waals surface area (Å²) in [5.74, 6) is 0.360. The average molecular weight is 397 g/mol. The molecule has 28 heavy (non-hydrogen) atoms. The molecule has 1 N–H and O–H groups in total. The van der Waals surface area contributed by atoms with E-state index in [4.69, 9.17) is 9.47 Å². The Morgan fingerprint density at radius 1 is 1.00 bits per heavy atom. The van der Waals surface area contributed by atoms with Gasteiger partial charge in [-0.2, -0.15) is 0 Å². The summed E-state index contributed by atoms with van der Waals surface area (Å²) < 4.78 is 10.6. The Morgan fingerprint density at radius 3 is 2.32 bits per heavy atom. The molecule has 1 saturated heterocycles. The molecule has 1 amide bonds. The summed E-state index contributed by atoms with van der Waals surface area (Å²) in [4.78, 5) is 26.2. The van der Waals surface area contributed by atoms with Crippen LogP contribution in [0.15, 0.2) is 0 Å². The van der Waals surface area contributed by atoms with Crippen molar-refractivity contribution in [1.82, 2.24) is 10.2 Å². The maximum atomic E-state index is 12.1. The first-order chi connectivity index (χ1) is 13.4. The van der Waals surface area contributed by atoms with Crippen LogP contribution in [0, 0.1) is 19.8 Å². The van der Waals surface area contributed by atoms with Crippen LogP contribution in [-0.4, -0.2) is 55.3 Å². The van der Waals surface area contributed by atoms with Gasteiger partial charge in [-0.3, -0.25) is 4.79 Å². The van der Waals surface area contributed by atoms with Gasteiger partial charge in [-0.1, -0.05) is 33.1 Å². The fourth-order valence-corrected chi connectivity index (χ4v) is 3.40. The maximum absolute atomic E-state index is 12.1. The predicted octanol–water partition coefficient (Wildman–Crippen LogP) is 4.14. The number of nitrogens with one attached hydrogen (secondary N) is 1. The van der Waals surface area contributed by atoms with Gasteiger partial charge in [0.1, 0.15) is 12.2 Å². The lowest BCUT2D eigenvalue weighted by molar-refractivity contribution is -0.146. The molecule has 0 spiro atoms. The van der Waals surface area contributed by atoms with Gasteiger partial charge in [0, 0.05) is 19.5 Å². The average Bonchev–Trinajstić information content (AvgIpc) is 3.11. The molecule has 0 aromatic rings. The first-order valence-corrected chi connectivity index (χ1v) is 10.9. The molecule has 1 aliphatic heterocycles. The Morgan fingerprint density at radius 2 is 1.68 bits per heavy atom. The van der Waals surface area contributed by atoms with Gasteiger partial charge in [-0.05, 0) is 65.0 Å². The highest BCUT2D eigenvalue weighted by Gasteiger charge is 2.18. The summed E-state index contributed by atoms with van der Waals surface area (Å²) in [6.45, 7) is 15.2. The largest absolute Gasteiger partial charge is 0.462 e. The van der Waals surface area contributed by atoms with E-state index in [0.29, 0.717) is 18.9 Å². The van der Waals surface area contributed by atoms with E-state index in [9.17, 15) is 9.59 Å². The van der Waals surface area contributed by atoms with E-state index in [1.165, 1.54) is 25.7 Å². The Kier molecular flexibility index (Phi) is 13.0. The number of esters is 1. The number of rotatable bonds is 14. The molecular formula is C22H40N2O4. The molecule has 0 bridgehead atoms. The van der Waals surface area contributed by atoms with Gasteiger partial charge >= 0.3 is 12.1 Å². The highest BCUT2D eigenvalue weighted by atomic mass is 16.6. The molecule has 1 unspecified atom stereocenters. The van der Waals surface area contributed by atoms with Gasteiger partial charge in [0.05, 0.1) is 0 Å². The van der Waals surface area contributed by atoms with E-state index in [2.05, 4.69) is 37.9 Å². The van der Waals surface area contributed by atoms with E-state index < -0.39 is 12.2 Å². The topological polar surface area (TPSA) is 67.9 Å². The smallest absolute Gasteiger partial charge is 0.407 e. The van der Waals surface area contributed by atoms with E-state index in [-0.39, 0.29) is 18.5 Å². The van der Waals surface area contributed by atoms with Crippen LogP contribution >= 0.6 is 0 Å². The van der Waals surface area contributed by atoms with Crippen LogP contribution in [0.5, 0.6) is 0 Å². The van der Waals surface area contributed by atoms with Crippen molar-refractivity contribution in [2.75, 3.05) is 26.2 Å². The number of unbranched alkanes of at least 4 members (excludes halogenated alkanes) is 2. The van der Waals surface area contributed by atoms with E-state index in [1.807, 2.05) is 0 Å². The lowest BCUT2D eigenvalue weighted by Gasteiger charge is -2.19. The zero-order valence-electron chi connectivity index (χ0n) is 17.9. The van der Waals surface area contributed by atoms with Gasteiger partial charge in [-0.25, -0.2) is 4.79 Å². The number of nitrogens with zero attached hydrogens (tertiary/aromatic N) is 1. The zero-order chi connectivity index (χ0) is 20.8. The highest BCUT2D eigenvalue weighted by molar-refractivity contribution is 5.70. The molecule has 2 radical (unpaired) electrons.